The molecule has 100 valence electrons. The number of anilines is 1. The van der Waals surface area contributed by atoms with Crippen molar-refractivity contribution in [2.24, 2.45) is 0 Å². The monoisotopic (exact) mass is 265 g/mol. The molecule has 3 rings (SSSR count). The van der Waals surface area contributed by atoms with Crippen LogP contribution in [0.4, 0.5) is 14.7 Å². The number of aromatic nitrogens is 4. The molecule has 1 aliphatic carbocycles. The molecule has 7 heteroatoms. The molecule has 0 fully saturated rings. The third-order valence-corrected chi connectivity index (χ3v) is 3.23. The second-order valence-electron chi connectivity index (χ2n) is 4.86. The van der Waals surface area contributed by atoms with Crippen molar-refractivity contribution in [2.75, 3.05) is 5.73 Å². The van der Waals surface area contributed by atoms with Crippen LogP contribution in [0.3, 0.4) is 0 Å². The first-order valence-electron chi connectivity index (χ1n) is 6.00. The Morgan fingerprint density at radius 2 is 2.11 bits per heavy atom. The van der Waals surface area contributed by atoms with E-state index in [1.165, 1.54) is 0 Å². The van der Waals surface area contributed by atoms with E-state index in [0.29, 0.717) is 29.1 Å². The first-order chi connectivity index (χ1) is 8.99. The number of nitrogens with two attached hydrogens (primary N) is 1. The normalized spacial score (nSPS) is 13.2. The van der Waals surface area contributed by atoms with Gasteiger partial charge in [-0.25, -0.2) is 14.6 Å². The zero-order valence-corrected chi connectivity index (χ0v) is 10.6. The summed E-state index contributed by atoms with van der Waals surface area (Å²) in [7, 11) is 0. The summed E-state index contributed by atoms with van der Waals surface area (Å²) in [4.78, 5) is 8.11. The van der Waals surface area contributed by atoms with Crippen molar-refractivity contribution >= 4 is 5.95 Å². The average molecular weight is 265 g/mol. The van der Waals surface area contributed by atoms with Crippen LogP contribution < -0.4 is 5.73 Å². The van der Waals surface area contributed by atoms with Crippen LogP contribution in [0.5, 0.6) is 0 Å². The Morgan fingerprint density at radius 1 is 1.37 bits per heavy atom. The maximum absolute atomic E-state index is 13.0. The Kier molecular flexibility index (Phi) is 2.51. The first-order valence-corrected chi connectivity index (χ1v) is 6.00. The predicted octanol–water partition coefficient (Wildman–Crippen LogP) is 2.35. The number of hydrogen-bond donors (Lipinski definition) is 1. The van der Waals surface area contributed by atoms with Gasteiger partial charge in [-0.1, -0.05) is 13.8 Å². The lowest BCUT2D eigenvalue weighted by atomic mass is 10.0. The van der Waals surface area contributed by atoms with Crippen LogP contribution in [0.2, 0.25) is 0 Å². The fourth-order valence-corrected chi connectivity index (χ4v) is 2.53. The fraction of sp³-hybridized carbons (Fsp3) is 0.417. The van der Waals surface area contributed by atoms with Crippen LogP contribution in [-0.2, 0) is 6.42 Å². The summed E-state index contributed by atoms with van der Waals surface area (Å²) in [6.45, 7) is 1.07. The Balaban J connectivity index is 2.27. The highest BCUT2D eigenvalue weighted by molar-refractivity contribution is 5.75. The van der Waals surface area contributed by atoms with E-state index in [0.717, 1.165) is 10.2 Å². The molecule has 0 atom stereocenters. The summed E-state index contributed by atoms with van der Waals surface area (Å²) in [6.07, 6.45) is 2.11. The maximum Gasteiger partial charge on any atom is 0.333 e. The van der Waals surface area contributed by atoms with Gasteiger partial charge in [0.15, 0.2) is 0 Å². The summed E-state index contributed by atoms with van der Waals surface area (Å²) in [5.41, 5.74) is 8.92. The zero-order valence-electron chi connectivity index (χ0n) is 10.6. The second kappa shape index (κ2) is 3.97. The number of fused-ring (bicyclic) bond motifs is 3. The molecule has 0 saturated heterocycles. The van der Waals surface area contributed by atoms with Crippen molar-refractivity contribution in [3.63, 3.8) is 0 Å². The molecule has 0 unspecified atom stereocenters. The summed E-state index contributed by atoms with van der Waals surface area (Å²) in [5.74, 6) is 0.0680. The minimum absolute atomic E-state index is 0.0765. The highest BCUT2D eigenvalue weighted by Crippen LogP contribution is 2.41. The molecule has 0 spiro atoms. The molecular formula is C12H13F2N5. The molecule has 1 aliphatic rings. The first kappa shape index (κ1) is 12.0. The molecule has 0 aromatic carbocycles. The summed E-state index contributed by atoms with van der Waals surface area (Å²) < 4.78 is 26.9. The smallest absolute Gasteiger partial charge is 0.333 e. The molecule has 2 aromatic rings. The number of halogens is 2. The number of hydrogen-bond acceptors (Lipinski definition) is 4. The summed E-state index contributed by atoms with van der Waals surface area (Å²) in [5, 5.41) is 4.01. The van der Waals surface area contributed by atoms with E-state index in [-0.39, 0.29) is 11.9 Å². The largest absolute Gasteiger partial charge is 0.368 e. The lowest BCUT2D eigenvalue weighted by molar-refractivity contribution is 0.0523. The Morgan fingerprint density at radius 3 is 2.74 bits per heavy atom. The van der Waals surface area contributed by atoms with Gasteiger partial charge in [-0.3, -0.25) is 0 Å². The second-order valence-corrected chi connectivity index (χ2v) is 4.86. The van der Waals surface area contributed by atoms with Gasteiger partial charge in [0.25, 0.3) is 0 Å². The minimum atomic E-state index is -2.65. The number of alkyl halides is 2. The van der Waals surface area contributed by atoms with Crippen LogP contribution in [-0.4, -0.2) is 19.7 Å². The number of rotatable bonds is 2. The predicted molar refractivity (Wildman–Crippen MR) is 65.8 cm³/mol. The topological polar surface area (TPSA) is 69.6 Å². The molecule has 2 aromatic heterocycles. The molecule has 2 heterocycles. The van der Waals surface area contributed by atoms with Crippen LogP contribution in [0.25, 0.3) is 11.3 Å². The van der Waals surface area contributed by atoms with E-state index in [9.17, 15) is 8.78 Å². The summed E-state index contributed by atoms with van der Waals surface area (Å²) in [6, 6.07) is 0. The van der Waals surface area contributed by atoms with Gasteiger partial charge in [-0.2, -0.15) is 13.9 Å². The molecule has 0 saturated carbocycles. The van der Waals surface area contributed by atoms with Crippen molar-refractivity contribution in [1.82, 2.24) is 19.7 Å². The van der Waals surface area contributed by atoms with Crippen molar-refractivity contribution in [3.8, 4) is 11.3 Å². The molecule has 2 N–H and O–H groups in total. The minimum Gasteiger partial charge on any atom is -0.368 e. The Labute approximate surface area is 108 Å². The Hall–Kier alpha value is -2.05. The summed E-state index contributed by atoms with van der Waals surface area (Å²) >= 11 is 0. The standard InChI is InChI=1S/C12H13F2N5/c1-5(2)10-8-7(18-19(10)11(13)14)3-6-4-16-12(15)17-9(6)8/h4-5,11H,3H2,1-2H3,(H2,15,16,17). The van der Waals surface area contributed by atoms with Crippen LogP contribution in [0.1, 0.15) is 43.3 Å². The SMILES string of the molecule is CC(C)c1c2c(nn1C(F)F)Cc1cnc(N)nc1-2. The van der Waals surface area contributed by atoms with Gasteiger partial charge in [-0.05, 0) is 5.92 Å². The molecule has 19 heavy (non-hydrogen) atoms. The van der Waals surface area contributed by atoms with E-state index < -0.39 is 6.55 Å². The van der Waals surface area contributed by atoms with Gasteiger partial charge >= 0.3 is 6.55 Å². The van der Waals surface area contributed by atoms with Crippen LogP contribution in [0.15, 0.2) is 6.20 Å². The van der Waals surface area contributed by atoms with Gasteiger partial charge in [0.1, 0.15) is 0 Å². The zero-order chi connectivity index (χ0) is 13.7. The average Bonchev–Trinajstić information content (AvgIpc) is 2.84. The van der Waals surface area contributed by atoms with Crippen LogP contribution in [0, 0.1) is 0 Å². The van der Waals surface area contributed by atoms with Gasteiger partial charge < -0.3 is 5.73 Å². The van der Waals surface area contributed by atoms with E-state index >= 15 is 0 Å². The highest BCUT2D eigenvalue weighted by atomic mass is 19.3. The molecular weight excluding hydrogens is 252 g/mol. The third kappa shape index (κ3) is 1.68. The number of nitrogens with zero attached hydrogens (tertiary/aromatic N) is 4. The molecule has 0 aliphatic heterocycles. The molecule has 0 amide bonds. The van der Waals surface area contributed by atoms with E-state index in [2.05, 4.69) is 15.1 Å². The van der Waals surface area contributed by atoms with Crippen LogP contribution >= 0.6 is 0 Å². The van der Waals surface area contributed by atoms with Gasteiger partial charge in [-0.15, -0.1) is 0 Å². The fourth-order valence-electron chi connectivity index (χ4n) is 2.53. The highest BCUT2D eigenvalue weighted by Gasteiger charge is 2.32. The molecule has 5 nitrogen and oxygen atoms in total. The number of nitrogen functional groups attached to an aromatic ring is 1. The van der Waals surface area contributed by atoms with Gasteiger partial charge in [0, 0.05) is 23.7 Å². The molecule has 0 radical (unpaired) electrons. The molecule has 0 bridgehead atoms. The van der Waals surface area contributed by atoms with Crippen molar-refractivity contribution < 1.29 is 8.78 Å². The lowest BCUT2D eigenvalue weighted by Gasteiger charge is -2.12. The lowest BCUT2D eigenvalue weighted by Crippen LogP contribution is -2.09. The quantitative estimate of drug-likeness (QED) is 0.772. The van der Waals surface area contributed by atoms with E-state index in [4.69, 9.17) is 5.73 Å². The van der Waals surface area contributed by atoms with Gasteiger partial charge in [0.05, 0.1) is 17.1 Å². The third-order valence-electron chi connectivity index (χ3n) is 3.23. The van der Waals surface area contributed by atoms with Crippen molar-refractivity contribution in [3.05, 3.63) is 23.1 Å². The Bertz CT molecular complexity index is 648. The van der Waals surface area contributed by atoms with Crippen molar-refractivity contribution in [1.29, 1.82) is 0 Å². The van der Waals surface area contributed by atoms with E-state index in [1.807, 2.05) is 13.8 Å². The van der Waals surface area contributed by atoms with Crippen molar-refractivity contribution in [2.45, 2.75) is 32.7 Å². The van der Waals surface area contributed by atoms with Gasteiger partial charge in [0.2, 0.25) is 5.95 Å². The maximum atomic E-state index is 13.0. The van der Waals surface area contributed by atoms with E-state index in [1.54, 1.807) is 6.20 Å².